The number of aryl methyl sites for hydroxylation is 1. The lowest BCUT2D eigenvalue weighted by Gasteiger charge is -2.28. The molecule has 0 atom stereocenters. The summed E-state index contributed by atoms with van der Waals surface area (Å²) in [5.74, 6) is 1.67. The SMILES string of the molecule is Cc1cc2c(N(C)Cc3ccccn3)nc(N3CCOCC3)nc2[nH]1. The quantitative estimate of drug-likeness (QED) is 0.786. The molecular weight excluding hydrogens is 316 g/mol. The van der Waals surface area contributed by atoms with E-state index in [2.05, 4.69) is 25.8 Å². The summed E-state index contributed by atoms with van der Waals surface area (Å²) in [7, 11) is 2.04. The molecule has 0 aromatic carbocycles. The van der Waals surface area contributed by atoms with Crippen molar-refractivity contribution in [1.82, 2.24) is 19.9 Å². The molecule has 25 heavy (non-hydrogen) atoms. The normalized spacial score (nSPS) is 14.9. The van der Waals surface area contributed by atoms with Crippen LogP contribution in [-0.4, -0.2) is 53.3 Å². The second-order valence-electron chi connectivity index (χ2n) is 6.34. The molecule has 0 spiro atoms. The van der Waals surface area contributed by atoms with Crippen LogP contribution >= 0.6 is 0 Å². The number of fused-ring (bicyclic) bond motifs is 1. The zero-order valence-corrected chi connectivity index (χ0v) is 14.6. The number of morpholine rings is 1. The van der Waals surface area contributed by atoms with E-state index in [0.717, 1.165) is 47.3 Å². The van der Waals surface area contributed by atoms with Gasteiger partial charge in [-0.05, 0) is 25.1 Å². The van der Waals surface area contributed by atoms with E-state index in [0.29, 0.717) is 19.8 Å². The molecule has 1 aliphatic heterocycles. The van der Waals surface area contributed by atoms with Crippen LogP contribution in [0.3, 0.4) is 0 Å². The van der Waals surface area contributed by atoms with Crippen LogP contribution in [0.2, 0.25) is 0 Å². The Hall–Kier alpha value is -2.67. The van der Waals surface area contributed by atoms with Gasteiger partial charge in [-0.15, -0.1) is 0 Å². The maximum atomic E-state index is 5.45. The van der Waals surface area contributed by atoms with Gasteiger partial charge < -0.3 is 19.5 Å². The summed E-state index contributed by atoms with van der Waals surface area (Å²) in [5, 5.41) is 1.04. The molecule has 3 aromatic rings. The van der Waals surface area contributed by atoms with Crippen LogP contribution in [-0.2, 0) is 11.3 Å². The average molecular weight is 338 g/mol. The minimum Gasteiger partial charge on any atom is -0.378 e. The Morgan fingerprint density at radius 3 is 2.84 bits per heavy atom. The first-order valence-electron chi connectivity index (χ1n) is 8.52. The molecule has 0 saturated carbocycles. The number of aromatic nitrogens is 4. The highest BCUT2D eigenvalue weighted by atomic mass is 16.5. The Balaban J connectivity index is 1.72. The van der Waals surface area contributed by atoms with Gasteiger partial charge in [0.1, 0.15) is 11.5 Å². The van der Waals surface area contributed by atoms with E-state index in [-0.39, 0.29) is 0 Å². The molecule has 130 valence electrons. The first kappa shape index (κ1) is 15.8. The zero-order chi connectivity index (χ0) is 17.2. The standard InChI is InChI=1S/C18H22N6O/c1-13-11-15-16(20-13)21-18(24-7-9-25-10-8-24)22-17(15)23(2)12-14-5-3-4-6-19-14/h3-6,11H,7-10,12H2,1-2H3,(H,20,21,22). The van der Waals surface area contributed by atoms with Gasteiger partial charge in [-0.3, -0.25) is 4.98 Å². The molecular formula is C18H22N6O. The van der Waals surface area contributed by atoms with Crippen molar-refractivity contribution in [2.75, 3.05) is 43.2 Å². The van der Waals surface area contributed by atoms with E-state index >= 15 is 0 Å². The second-order valence-corrected chi connectivity index (χ2v) is 6.34. The van der Waals surface area contributed by atoms with Crippen molar-refractivity contribution in [1.29, 1.82) is 0 Å². The van der Waals surface area contributed by atoms with Gasteiger partial charge in [-0.1, -0.05) is 6.07 Å². The van der Waals surface area contributed by atoms with Crippen LogP contribution in [0.1, 0.15) is 11.4 Å². The van der Waals surface area contributed by atoms with Crippen LogP contribution in [0.4, 0.5) is 11.8 Å². The average Bonchev–Trinajstić information content (AvgIpc) is 3.02. The number of ether oxygens (including phenoxy) is 1. The number of rotatable bonds is 4. The number of nitrogens with zero attached hydrogens (tertiary/aromatic N) is 5. The van der Waals surface area contributed by atoms with E-state index in [1.165, 1.54) is 0 Å². The Labute approximate surface area is 146 Å². The predicted molar refractivity (Wildman–Crippen MR) is 98.0 cm³/mol. The molecule has 7 nitrogen and oxygen atoms in total. The van der Waals surface area contributed by atoms with E-state index in [1.807, 2.05) is 38.4 Å². The fraction of sp³-hybridized carbons (Fsp3) is 0.389. The Kier molecular flexibility index (Phi) is 4.23. The molecule has 7 heteroatoms. The summed E-state index contributed by atoms with van der Waals surface area (Å²) in [4.78, 5) is 21.7. The molecule has 0 aliphatic carbocycles. The third kappa shape index (κ3) is 3.28. The first-order chi connectivity index (χ1) is 12.2. The minimum atomic E-state index is 0.694. The maximum absolute atomic E-state index is 5.45. The molecule has 0 radical (unpaired) electrons. The summed E-state index contributed by atoms with van der Waals surface area (Å²) in [6, 6.07) is 8.06. The van der Waals surface area contributed by atoms with Crippen molar-refractivity contribution in [2.24, 2.45) is 0 Å². The molecule has 1 saturated heterocycles. The highest BCUT2D eigenvalue weighted by molar-refractivity contribution is 5.89. The van der Waals surface area contributed by atoms with Gasteiger partial charge in [0, 0.05) is 32.0 Å². The molecule has 0 unspecified atom stereocenters. The van der Waals surface area contributed by atoms with E-state index < -0.39 is 0 Å². The third-order valence-electron chi connectivity index (χ3n) is 4.37. The Bertz CT molecular complexity index is 857. The van der Waals surface area contributed by atoms with Crippen LogP contribution in [0, 0.1) is 6.92 Å². The molecule has 1 N–H and O–H groups in total. The molecule has 4 rings (SSSR count). The fourth-order valence-electron chi connectivity index (χ4n) is 3.12. The highest BCUT2D eigenvalue weighted by Gasteiger charge is 2.19. The summed E-state index contributed by atoms with van der Waals surface area (Å²) < 4.78 is 5.45. The smallest absolute Gasteiger partial charge is 0.229 e. The topological polar surface area (TPSA) is 70.2 Å². The largest absolute Gasteiger partial charge is 0.378 e. The van der Waals surface area contributed by atoms with Crippen LogP contribution in [0.25, 0.3) is 11.0 Å². The summed E-state index contributed by atoms with van der Waals surface area (Å²) in [5.41, 5.74) is 2.96. The van der Waals surface area contributed by atoms with Crippen LogP contribution in [0.5, 0.6) is 0 Å². The number of hydrogen-bond donors (Lipinski definition) is 1. The first-order valence-corrected chi connectivity index (χ1v) is 8.52. The van der Waals surface area contributed by atoms with E-state index in [1.54, 1.807) is 0 Å². The van der Waals surface area contributed by atoms with Crippen molar-refractivity contribution in [3.8, 4) is 0 Å². The van der Waals surface area contributed by atoms with Crippen molar-refractivity contribution in [3.63, 3.8) is 0 Å². The monoisotopic (exact) mass is 338 g/mol. The number of anilines is 2. The fourth-order valence-corrected chi connectivity index (χ4v) is 3.12. The number of hydrogen-bond acceptors (Lipinski definition) is 6. The summed E-state index contributed by atoms with van der Waals surface area (Å²) >= 11 is 0. The van der Waals surface area contributed by atoms with Crippen molar-refractivity contribution in [3.05, 3.63) is 41.9 Å². The molecule has 3 aromatic heterocycles. The number of nitrogens with one attached hydrogen (secondary N) is 1. The molecule has 4 heterocycles. The van der Waals surface area contributed by atoms with Crippen molar-refractivity contribution >= 4 is 22.8 Å². The highest BCUT2D eigenvalue weighted by Crippen LogP contribution is 2.27. The van der Waals surface area contributed by atoms with Gasteiger partial charge >= 0.3 is 0 Å². The molecule has 1 fully saturated rings. The predicted octanol–water partition coefficient (Wildman–Crippen LogP) is 2.13. The zero-order valence-electron chi connectivity index (χ0n) is 14.6. The number of aromatic amines is 1. The minimum absolute atomic E-state index is 0.694. The van der Waals surface area contributed by atoms with Gasteiger partial charge in [0.25, 0.3) is 0 Å². The molecule has 1 aliphatic rings. The maximum Gasteiger partial charge on any atom is 0.229 e. The van der Waals surface area contributed by atoms with Gasteiger partial charge in [0.2, 0.25) is 5.95 Å². The third-order valence-corrected chi connectivity index (χ3v) is 4.37. The lowest BCUT2D eigenvalue weighted by atomic mass is 10.3. The molecule has 0 amide bonds. The number of pyridine rings is 1. The second kappa shape index (κ2) is 6.68. The van der Waals surface area contributed by atoms with E-state index in [9.17, 15) is 0 Å². The van der Waals surface area contributed by atoms with Gasteiger partial charge in [0.05, 0.1) is 30.8 Å². The Morgan fingerprint density at radius 1 is 1.24 bits per heavy atom. The van der Waals surface area contributed by atoms with Gasteiger partial charge in [-0.25, -0.2) is 0 Å². The summed E-state index contributed by atoms with van der Waals surface area (Å²) in [6.07, 6.45) is 1.82. The lowest BCUT2D eigenvalue weighted by molar-refractivity contribution is 0.122. The van der Waals surface area contributed by atoms with Crippen LogP contribution < -0.4 is 9.80 Å². The Morgan fingerprint density at radius 2 is 2.08 bits per heavy atom. The van der Waals surface area contributed by atoms with Crippen molar-refractivity contribution < 1.29 is 4.74 Å². The van der Waals surface area contributed by atoms with Crippen molar-refractivity contribution in [2.45, 2.75) is 13.5 Å². The lowest BCUT2D eigenvalue weighted by Crippen LogP contribution is -2.37. The molecule has 0 bridgehead atoms. The summed E-state index contributed by atoms with van der Waals surface area (Å²) in [6.45, 7) is 5.79. The number of H-pyrrole nitrogens is 1. The van der Waals surface area contributed by atoms with Crippen LogP contribution in [0.15, 0.2) is 30.5 Å². The van der Waals surface area contributed by atoms with Gasteiger partial charge in [0.15, 0.2) is 0 Å². The van der Waals surface area contributed by atoms with Gasteiger partial charge in [-0.2, -0.15) is 9.97 Å². The van der Waals surface area contributed by atoms with E-state index in [4.69, 9.17) is 14.7 Å².